The monoisotopic (exact) mass is 384 g/mol. The van der Waals surface area contributed by atoms with Crippen LogP contribution in [0.3, 0.4) is 0 Å². The maximum absolute atomic E-state index is 13.4. The van der Waals surface area contributed by atoms with E-state index in [1.54, 1.807) is 11.4 Å². The highest BCUT2D eigenvalue weighted by Gasteiger charge is 2.17. The van der Waals surface area contributed by atoms with Gasteiger partial charge in [0, 0.05) is 17.6 Å². The Hall–Kier alpha value is -3.53. The molecule has 27 heavy (non-hydrogen) atoms. The van der Waals surface area contributed by atoms with Gasteiger partial charge in [0.05, 0.1) is 17.6 Å². The van der Waals surface area contributed by atoms with Crippen LogP contribution in [0.5, 0.6) is 0 Å². The fraction of sp³-hybridized carbons (Fsp3) is 0. The normalized spacial score (nSPS) is 10.7. The minimum absolute atomic E-state index is 0.112. The van der Waals surface area contributed by atoms with Gasteiger partial charge in [-0.05, 0) is 24.3 Å². The summed E-state index contributed by atoms with van der Waals surface area (Å²) in [6.07, 6.45) is 2.61. The number of nitrogens with one attached hydrogen (secondary N) is 1. The average Bonchev–Trinajstić information content (AvgIpc) is 3.31. The molecule has 4 rings (SSSR count). The number of hydrogen-bond donors (Lipinski definition) is 1. The minimum Gasteiger partial charge on any atom is -0.296 e. The van der Waals surface area contributed by atoms with Crippen LogP contribution in [0.15, 0.2) is 54.2 Å². The summed E-state index contributed by atoms with van der Waals surface area (Å²) in [5, 5.41) is 12.1. The Morgan fingerprint density at radius 1 is 1.11 bits per heavy atom. The fourth-order valence-corrected chi connectivity index (χ4v) is 3.04. The second-order valence-electron chi connectivity index (χ2n) is 5.36. The molecule has 0 radical (unpaired) electrons. The van der Waals surface area contributed by atoms with Gasteiger partial charge in [-0.25, -0.2) is 18.4 Å². The molecule has 0 aliphatic rings. The number of carbonyl (C=O) groups is 1. The molecular weight excluding hydrogens is 374 g/mol. The quantitative estimate of drug-likeness (QED) is 0.583. The topological polar surface area (TPSA) is 85.6 Å². The van der Waals surface area contributed by atoms with E-state index < -0.39 is 17.5 Å². The van der Waals surface area contributed by atoms with Crippen molar-refractivity contribution in [3.8, 4) is 17.1 Å². The first-order valence-electron chi connectivity index (χ1n) is 7.65. The highest BCUT2D eigenvalue weighted by Crippen LogP contribution is 2.24. The number of carbonyl (C=O) groups excluding carboxylic acids is 1. The van der Waals surface area contributed by atoms with Crippen LogP contribution in [-0.2, 0) is 0 Å². The molecule has 0 spiro atoms. The smallest absolute Gasteiger partial charge is 0.277 e. The van der Waals surface area contributed by atoms with Crippen molar-refractivity contribution >= 4 is 22.4 Å². The molecule has 0 unspecified atom stereocenters. The van der Waals surface area contributed by atoms with E-state index in [-0.39, 0.29) is 5.69 Å². The van der Waals surface area contributed by atoms with E-state index in [9.17, 15) is 13.6 Å². The summed E-state index contributed by atoms with van der Waals surface area (Å²) in [4.78, 5) is 20.8. The Labute approximate surface area is 155 Å². The first-order chi connectivity index (χ1) is 13.1. The molecule has 0 bridgehead atoms. The molecule has 1 amide bonds. The van der Waals surface area contributed by atoms with Gasteiger partial charge in [-0.2, -0.15) is 0 Å². The van der Waals surface area contributed by atoms with Crippen LogP contribution in [0.1, 0.15) is 10.5 Å². The van der Waals surface area contributed by atoms with Crippen LogP contribution < -0.4 is 5.32 Å². The molecule has 0 atom stereocenters. The first-order valence-corrected chi connectivity index (χ1v) is 8.53. The first kappa shape index (κ1) is 16.9. The number of aromatic nitrogens is 5. The Kier molecular flexibility index (Phi) is 4.38. The summed E-state index contributed by atoms with van der Waals surface area (Å²) < 4.78 is 28.0. The second kappa shape index (κ2) is 7.00. The van der Waals surface area contributed by atoms with Crippen LogP contribution >= 0.6 is 11.3 Å². The van der Waals surface area contributed by atoms with Crippen molar-refractivity contribution in [2.75, 3.05) is 5.32 Å². The van der Waals surface area contributed by atoms with Crippen molar-refractivity contribution < 1.29 is 13.6 Å². The SMILES string of the molecule is O=C(Nc1nc(-c2cc(F)ccn2)cs1)c1cnnn1-c1cccc(F)c1. The fourth-order valence-electron chi connectivity index (χ4n) is 2.34. The summed E-state index contributed by atoms with van der Waals surface area (Å²) in [6, 6.07) is 8.13. The van der Waals surface area contributed by atoms with Crippen LogP contribution in [0.2, 0.25) is 0 Å². The zero-order chi connectivity index (χ0) is 18.8. The van der Waals surface area contributed by atoms with Crippen LogP contribution in [0.25, 0.3) is 17.1 Å². The molecule has 7 nitrogen and oxygen atoms in total. The highest BCUT2D eigenvalue weighted by molar-refractivity contribution is 7.14. The summed E-state index contributed by atoms with van der Waals surface area (Å²) in [5.74, 6) is -1.40. The number of nitrogens with zero attached hydrogens (tertiary/aromatic N) is 5. The number of benzene rings is 1. The Morgan fingerprint density at radius 3 is 2.78 bits per heavy atom. The van der Waals surface area contributed by atoms with Gasteiger partial charge in [-0.1, -0.05) is 11.3 Å². The molecule has 4 aromatic rings. The Morgan fingerprint density at radius 2 is 1.96 bits per heavy atom. The van der Waals surface area contributed by atoms with Gasteiger partial charge in [0.1, 0.15) is 17.3 Å². The van der Waals surface area contributed by atoms with Crippen LogP contribution in [-0.4, -0.2) is 30.9 Å². The van der Waals surface area contributed by atoms with Gasteiger partial charge >= 0.3 is 0 Å². The maximum Gasteiger partial charge on any atom is 0.277 e. The molecule has 0 fully saturated rings. The van der Waals surface area contributed by atoms with E-state index in [4.69, 9.17) is 0 Å². The number of amides is 1. The lowest BCUT2D eigenvalue weighted by molar-refractivity contribution is 0.101. The van der Waals surface area contributed by atoms with E-state index in [2.05, 4.69) is 25.6 Å². The third kappa shape index (κ3) is 3.55. The van der Waals surface area contributed by atoms with E-state index >= 15 is 0 Å². The number of rotatable bonds is 4. The molecule has 0 saturated carbocycles. The second-order valence-corrected chi connectivity index (χ2v) is 6.22. The van der Waals surface area contributed by atoms with E-state index in [1.165, 1.54) is 47.4 Å². The number of thiazole rings is 1. The number of halogens is 2. The lowest BCUT2D eigenvalue weighted by atomic mass is 10.3. The molecule has 3 aromatic heterocycles. The van der Waals surface area contributed by atoms with Crippen LogP contribution in [0.4, 0.5) is 13.9 Å². The molecule has 1 aromatic carbocycles. The zero-order valence-corrected chi connectivity index (χ0v) is 14.3. The third-order valence-electron chi connectivity index (χ3n) is 3.54. The van der Waals surface area contributed by atoms with Crippen molar-refractivity contribution in [1.82, 2.24) is 25.0 Å². The summed E-state index contributed by atoms with van der Waals surface area (Å²) >= 11 is 1.16. The predicted molar refractivity (Wildman–Crippen MR) is 94.6 cm³/mol. The summed E-state index contributed by atoms with van der Waals surface area (Å²) in [6.45, 7) is 0. The van der Waals surface area contributed by atoms with Gasteiger partial charge < -0.3 is 0 Å². The van der Waals surface area contributed by atoms with Gasteiger partial charge in [-0.15, -0.1) is 16.4 Å². The molecule has 1 N–H and O–H groups in total. The number of anilines is 1. The largest absolute Gasteiger partial charge is 0.296 e. The average molecular weight is 384 g/mol. The molecule has 0 aliphatic carbocycles. The molecule has 3 heterocycles. The summed E-state index contributed by atoms with van der Waals surface area (Å²) in [5.41, 5.74) is 1.27. The van der Waals surface area contributed by atoms with Gasteiger partial charge in [0.15, 0.2) is 10.8 Å². The van der Waals surface area contributed by atoms with E-state index in [1.807, 2.05) is 0 Å². The van der Waals surface area contributed by atoms with Gasteiger partial charge in [0.2, 0.25) is 0 Å². The van der Waals surface area contributed by atoms with Crippen molar-refractivity contribution in [2.24, 2.45) is 0 Å². The molecule has 134 valence electrons. The number of pyridine rings is 1. The van der Waals surface area contributed by atoms with Crippen molar-refractivity contribution in [2.45, 2.75) is 0 Å². The minimum atomic E-state index is -0.516. The summed E-state index contributed by atoms with van der Waals surface area (Å²) in [7, 11) is 0. The highest BCUT2D eigenvalue weighted by atomic mass is 32.1. The maximum atomic E-state index is 13.4. The zero-order valence-electron chi connectivity index (χ0n) is 13.5. The Balaban J connectivity index is 1.57. The third-order valence-corrected chi connectivity index (χ3v) is 4.30. The molecule has 10 heteroatoms. The molecule has 0 aliphatic heterocycles. The Bertz CT molecular complexity index is 1130. The van der Waals surface area contributed by atoms with Gasteiger partial charge in [-0.3, -0.25) is 15.1 Å². The molecular formula is C17H10F2N6OS. The van der Waals surface area contributed by atoms with Crippen molar-refractivity contribution in [3.05, 3.63) is 71.5 Å². The van der Waals surface area contributed by atoms with Crippen LogP contribution in [0, 0.1) is 11.6 Å². The standard InChI is InChI=1S/C17H10F2N6OS/c18-10-2-1-3-12(6-10)25-15(8-21-24-25)16(26)23-17-22-14(9-27-17)13-7-11(19)4-5-20-13/h1-9H,(H,22,23,26). The van der Waals surface area contributed by atoms with Crippen molar-refractivity contribution in [1.29, 1.82) is 0 Å². The molecule has 0 saturated heterocycles. The lowest BCUT2D eigenvalue weighted by Crippen LogP contribution is -2.17. The van der Waals surface area contributed by atoms with E-state index in [0.29, 0.717) is 22.2 Å². The predicted octanol–water partition coefficient (Wildman–Crippen LogP) is 3.32. The van der Waals surface area contributed by atoms with E-state index in [0.717, 1.165) is 11.3 Å². The van der Waals surface area contributed by atoms with Gasteiger partial charge in [0.25, 0.3) is 5.91 Å². The lowest BCUT2D eigenvalue weighted by Gasteiger charge is -2.05. The van der Waals surface area contributed by atoms with Crippen molar-refractivity contribution in [3.63, 3.8) is 0 Å². The number of hydrogen-bond acceptors (Lipinski definition) is 6.